The second kappa shape index (κ2) is 5.14. The highest BCUT2D eigenvalue weighted by Gasteiger charge is 2.05. The first-order valence-corrected chi connectivity index (χ1v) is 5.98. The van der Waals surface area contributed by atoms with Crippen LogP contribution in [0.4, 0.5) is 0 Å². The van der Waals surface area contributed by atoms with Crippen molar-refractivity contribution in [3.63, 3.8) is 0 Å². The topological polar surface area (TPSA) is 64.9 Å². The van der Waals surface area contributed by atoms with Gasteiger partial charge in [-0.3, -0.25) is 0 Å². The van der Waals surface area contributed by atoms with Crippen molar-refractivity contribution in [2.75, 3.05) is 0 Å². The van der Waals surface area contributed by atoms with Gasteiger partial charge in [-0.15, -0.1) is 11.8 Å². The van der Waals surface area contributed by atoms with Crippen LogP contribution in [-0.4, -0.2) is 10.3 Å². The lowest BCUT2D eigenvalue weighted by Crippen LogP contribution is -1.95. The van der Waals surface area contributed by atoms with Crippen molar-refractivity contribution < 1.29 is 4.63 Å². The van der Waals surface area contributed by atoms with Crippen LogP contribution in [0.5, 0.6) is 0 Å². The molecule has 0 amide bonds. The molecule has 84 valence electrons. The van der Waals surface area contributed by atoms with E-state index >= 15 is 0 Å². The van der Waals surface area contributed by atoms with Crippen molar-refractivity contribution in [2.24, 2.45) is 5.73 Å². The minimum absolute atomic E-state index is 0.568. The van der Waals surface area contributed by atoms with E-state index in [1.165, 1.54) is 4.90 Å². The Balaban J connectivity index is 2.02. The molecule has 0 aliphatic heterocycles. The normalized spacial score (nSPS) is 10.6. The van der Waals surface area contributed by atoms with E-state index in [9.17, 15) is 0 Å². The number of nitrogens with two attached hydrogens (primary N) is 1. The molecule has 0 atom stereocenters. The Hall–Kier alpha value is -1.33. The van der Waals surface area contributed by atoms with Crippen molar-refractivity contribution in [2.45, 2.75) is 24.1 Å². The van der Waals surface area contributed by atoms with Crippen LogP contribution >= 0.6 is 11.8 Å². The zero-order chi connectivity index (χ0) is 11.4. The molecule has 0 unspecified atom stereocenters. The van der Waals surface area contributed by atoms with Gasteiger partial charge in [-0.05, 0) is 24.6 Å². The molecule has 2 N–H and O–H groups in total. The molecule has 1 aromatic carbocycles. The van der Waals surface area contributed by atoms with Crippen molar-refractivity contribution in [1.29, 1.82) is 0 Å². The van der Waals surface area contributed by atoms with E-state index in [1.54, 1.807) is 11.8 Å². The highest BCUT2D eigenvalue weighted by molar-refractivity contribution is 7.98. The maximum atomic E-state index is 5.59. The van der Waals surface area contributed by atoms with Crippen LogP contribution in [0.15, 0.2) is 33.8 Å². The third-order valence-corrected chi connectivity index (χ3v) is 3.26. The SMILES string of the molecule is Cc1nonc1CSc1cccc(CN)c1. The summed E-state index contributed by atoms with van der Waals surface area (Å²) in [5, 5.41) is 7.58. The summed E-state index contributed by atoms with van der Waals surface area (Å²) in [5.41, 5.74) is 8.47. The molecule has 0 aliphatic rings. The Labute approximate surface area is 98.2 Å². The van der Waals surface area contributed by atoms with E-state index in [4.69, 9.17) is 5.73 Å². The fraction of sp³-hybridized carbons (Fsp3) is 0.273. The van der Waals surface area contributed by atoms with Gasteiger partial charge in [0.05, 0.1) is 0 Å². The maximum absolute atomic E-state index is 5.59. The highest BCUT2D eigenvalue weighted by atomic mass is 32.2. The van der Waals surface area contributed by atoms with Gasteiger partial charge in [-0.2, -0.15) is 0 Å². The lowest BCUT2D eigenvalue weighted by atomic mass is 10.2. The molecular weight excluding hydrogens is 222 g/mol. The van der Waals surface area contributed by atoms with Gasteiger partial charge in [0.15, 0.2) is 0 Å². The van der Waals surface area contributed by atoms with Crippen molar-refractivity contribution in [1.82, 2.24) is 10.3 Å². The molecule has 0 fully saturated rings. The standard InChI is InChI=1S/C11H13N3OS/c1-8-11(14-15-13-8)7-16-10-4-2-3-9(5-10)6-12/h2-5H,6-7,12H2,1H3. The second-order valence-corrected chi connectivity index (χ2v) is 4.49. The predicted molar refractivity (Wildman–Crippen MR) is 62.9 cm³/mol. The Morgan fingerprint density at radius 2 is 2.25 bits per heavy atom. The average molecular weight is 235 g/mol. The fourth-order valence-corrected chi connectivity index (χ4v) is 2.27. The molecule has 0 spiro atoms. The number of rotatable bonds is 4. The van der Waals surface area contributed by atoms with Crippen LogP contribution in [-0.2, 0) is 12.3 Å². The molecule has 0 saturated carbocycles. The van der Waals surface area contributed by atoms with E-state index in [0.717, 1.165) is 22.7 Å². The zero-order valence-electron chi connectivity index (χ0n) is 9.01. The van der Waals surface area contributed by atoms with Crippen LogP contribution in [0.25, 0.3) is 0 Å². The van der Waals surface area contributed by atoms with E-state index in [1.807, 2.05) is 19.1 Å². The van der Waals surface area contributed by atoms with E-state index < -0.39 is 0 Å². The van der Waals surface area contributed by atoms with Crippen molar-refractivity contribution >= 4 is 11.8 Å². The number of aryl methyl sites for hydroxylation is 1. The molecule has 5 heteroatoms. The Bertz CT molecular complexity index is 470. The van der Waals surface area contributed by atoms with Crippen LogP contribution in [0.2, 0.25) is 0 Å². The summed E-state index contributed by atoms with van der Waals surface area (Å²) in [4.78, 5) is 1.19. The third-order valence-electron chi connectivity index (χ3n) is 2.26. The van der Waals surface area contributed by atoms with Gasteiger partial charge in [0, 0.05) is 17.2 Å². The molecule has 16 heavy (non-hydrogen) atoms. The average Bonchev–Trinajstić information content (AvgIpc) is 2.72. The molecule has 1 heterocycles. The van der Waals surface area contributed by atoms with Gasteiger partial charge in [0.1, 0.15) is 11.4 Å². The minimum Gasteiger partial charge on any atom is -0.326 e. The smallest absolute Gasteiger partial charge is 0.118 e. The first-order chi connectivity index (χ1) is 7.79. The number of aromatic nitrogens is 2. The van der Waals surface area contributed by atoms with Crippen molar-refractivity contribution in [3.8, 4) is 0 Å². The number of hydrogen-bond acceptors (Lipinski definition) is 5. The summed E-state index contributed by atoms with van der Waals surface area (Å²) in [6.45, 7) is 2.46. The lowest BCUT2D eigenvalue weighted by molar-refractivity contribution is 0.302. The summed E-state index contributed by atoms with van der Waals surface area (Å²) >= 11 is 1.70. The zero-order valence-corrected chi connectivity index (χ0v) is 9.83. The number of nitrogens with zero attached hydrogens (tertiary/aromatic N) is 2. The highest BCUT2D eigenvalue weighted by Crippen LogP contribution is 2.23. The number of hydrogen-bond donors (Lipinski definition) is 1. The maximum Gasteiger partial charge on any atom is 0.118 e. The van der Waals surface area contributed by atoms with Crippen LogP contribution in [0.3, 0.4) is 0 Å². The first-order valence-electron chi connectivity index (χ1n) is 4.99. The molecule has 0 bridgehead atoms. The Morgan fingerprint density at radius 1 is 1.38 bits per heavy atom. The Morgan fingerprint density at radius 3 is 2.94 bits per heavy atom. The van der Waals surface area contributed by atoms with E-state index in [0.29, 0.717) is 6.54 Å². The van der Waals surface area contributed by atoms with Crippen LogP contribution in [0, 0.1) is 6.92 Å². The van der Waals surface area contributed by atoms with Gasteiger partial charge in [0.25, 0.3) is 0 Å². The third kappa shape index (κ3) is 2.62. The molecule has 2 rings (SSSR count). The molecule has 0 radical (unpaired) electrons. The number of benzene rings is 1. The molecule has 2 aromatic rings. The molecular formula is C11H13N3OS. The van der Waals surface area contributed by atoms with Crippen LogP contribution in [0.1, 0.15) is 17.0 Å². The summed E-state index contributed by atoms with van der Waals surface area (Å²) < 4.78 is 4.65. The van der Waals surface area contributed by atoms with Gasteiger partial charge >= 0.3 is 0 Å². The van der Waals surface area contributed by atoms with Gasteiger partial charge in [0.2, 0.25) is 0 Å². The van der Waals surface area contributed by atoms with E-state index in [-0.39, 0.29) is 0 Å². The molecule has 0 saturated heterocycles. The number of thioether (sulfide) groups is 1. The summed E-state index contributed by atoms with van der Waals surface area (Å²) in [6, 6.07) is 8.19. The fourth-order valence-electron chi connectivity index (χ4n) is 1.29. The first kappa shape index (κ1) is 11.2. The van der Waals surface area contributed by atoms with Gasteiger partial charge in [-0.1, -0.05) is 22.4 Å². The van der Waals surface area contributed by atoms with E-state index in [2.05, 4.69) is 27.1 Å². The Kier molecular flexibility index (Phi) is 3.58. The van der Waals surface area contributed by atoms with Gasteiger partial charge in [-0.25, -0.2) is 4.63 Å². The van der Waals surface area contributed by atoms with Gasteiger partial charge < -0.3 is 5.73 Å². The summed E-state index contributed by atoms with van der Waals surface area (Å²) in [6.07, 6.45) is 0. The quantitative estimate of drug-likeness (QED) is 0.822. The lowest BCUT2D eigenvalue weighted by Gasteiger charge is -2.01. The summed E-state index contributed by atoms with van der Waals surface area (Å²) in [5.74, 6) is 0.767. The molecule has 0 aliphatic carbocycles. The predicted octanol–water partition coefficient (Wildman–Crippen LogP) is 2.13. The molecule has 1 aromatic heterocycles. The second-order valence-electron chi connectivity index (χ2n) is 3.44. The largest absolute Gasteiger partial charge is 0.326 e. The van der Waals surface area contributed by atoms with Crippen LogP contribution < -0.4 is 5.73 Å². The monoisotopic (exact) mass is 235 g/mol. The van der Waals surface area contributed by atoms with Crippen molar-refractivity contribution in [3.05, 3.63) is 41.2 Å². The summed E-state index contributed by atoms with van der Waals surface area (Å²) in [7, 11) is 0. The molecule has 4 nitrogen and oxygen atoms in total. The minimum atomic E-state index is 0.568.